The van der Waals surface area contributed by atoms with Crippen molar-refractivity contribution in [1.29, 1.82) is 0 Å². The molecular weight excluding hydrogens is 250 g/mol. The van der Waals surface area contributed by atoms with E-state index in [1.807, 2.05) is 34.6 Å². The fourth-order valence-corrected chi connectivity index (χ4v) is 2.47. The minimum Gasteiger partial charge on any atom is -0.349 e. The maximum Gasteiger partial charge on any atom is 0.190 e. The van der Waals surface area contributed by atoms with Crippen LogP contribution in [0.25, 0.3) is 0 Å². The first-order chi connectivity index (χ1) is 8.74. The first-order valence-corrected chi connectivity index (χ1v) is 6.77. The number of hydrogen-bond donors (Lipinski definition) is 1. The van der Waals surface area contributed by atoms with E-state index < -0.39 is 11.6 Å². The van der Waals surface area contributed by atoms with Crippen LogP contribution in [0.2, 0.25) is 0 Å². The van der Waals surface area contributed by atoms with Gasteiger partial charge in [-0.1, -0.05) is 0 Å². The van der Waals surface area contributed by atoms with Gasteiger partial charge in [0.1, 0.15) is 12.2 Å². The molecule has 0 aliphatic carbocycles. The summed E-state index contributed by atoms with van der Waals surface area (Å²) >= 11 is 0. The first-order valence-electron chi connectivity index (χ1n) is 6.77. The molecule has 2 heterocycles. The average Bonchev–Trinajstić information content (AvgIpc) is 2.70. The summed E-state index contributed by atoms with van der Waals surface area (Å²) in [6.07, 6.45) is -0.933. The van der Waals surface area contributed by atoms with E-state index >= 15 is 0 Å². The van der Waals surface area contributed by atoms with E-state index in [0.717, 1.165) is 0 Å². The SMILES string of the molecule is C[C@H]1O[C@@H]2OC(C)(C)O[C@H]2C1OC(C)(C)OCCN. The summed E-state index contributed by atoms with van der Waals surface area (Å²) in [6, 6.07) is 0. The van der Waals surface area contributed by atoms with E-state index in [-0.39, 0.29) is 24.6 Å². The summed E-state index contributed by atoms with van der Waals surface area (Å²) in [6.45, 7) is 10.3. The zero-order chi connectivity index (χ0) is 14.3. The second-order valence-corrected chi connectivity index (χ2v) is 5.93. The van der Waals surface area contributed by atoms with Crippen molar-refractivity contribution in [2.24, 2.45) is 5.73 Å². The van der Waals surface area contributed by atoms with Crippen molar-refractivity contribution in [2.45, 2.75) is 70.8 Å². The monoisotopic (exact) mass is 275 g/mol. The summed E-state index contributed by atoms with van der Waals surface area (Å²) in [5.41, 5.74) is 5.44. The van der Waals surface area contributed by atoms with Crippen LogP contribution in [0.4, 0.5) is 0 Å². The standard InChI is InChI=1S/C13H25NO5/c1-8-9(17-12(2,3)15-7-6-14)10-11(16-8)19-13(4,5)18-10/h8-11H,6-7,14H2,1-5H3/t8-,9?,10+,11-/m1/s1. The normalized spacial score (nSPS) is 37.6. The van der Waals surface area contributed by atoms with Crippen molar-refractivity contribution in [3.05, 3.63) is 0 Å². The molecule has 0 amide bonds. The molecule has 4 atom stereocenters. The van der Waals surface area contributed by atoms with Crippen molar-refractivity contribution in [1.82, 2.24) is 0 Å². The molecular formula is C13H25NO5. The van der Waals surface area contributed by atoms with E-state index in [0.29, 0.717) is 13.2 Å². The van der Waals surface area contributed by atoms with E-state index in [1.54, 1.807) is 0 Å². The number of hydrogen-bond acceptors (Lipinski definition) is 6. The minimum absolute atomic E-state index is 0.105. The van der Waals surface area contributed by atoms with E-state index in [1.165, 1.54) is 0 Å². The van der Waals surface area contributed by atoms with Gasteiger partial charge in [0, 0.05) is 6.54 Å². The summed E-state index contributed by atoms with van der Waals surface area (Å²) in [4.78, 5) is 0. The second-order valence-electron chi connectivity index (χ2n) is 5.93. The van der Waals surface area contributed by atoms with Gasteiger partial charge < -0.3 is 29.4 Å². The summed E-state index contributed by atoms with van der Waals surface area (Å²) in [7, 11) is 0. The molecule has 2 rings (SSSR count). The van der Waals surface area contributed by atoms with Crippen molar-refractivity contribution in [3.8, 4) is 0 Å². The lowest BCUT2D eigenvalue weighted by Crippen LogP contribution is -2.43. The quantitative estimate of drug-likeness (QED) is 0.754. The maximum atomic E-state index is 6.01. The summed E-state index contributed by atoms with van der Waals surface area (Å²) in [5, 5.41) is 0. The van der Waals surface area contributed by atoms with Crippen LogP contribution in [0.15, 0.2) is 0 Å². The fourth-order valence-electron chi connectivity index (χ4n) is 2.47. The molecule has 0 radical (unpaired) electrons. The van der Waals surface area contributed by atoms with E-state index in [9.17, 15) is 0 Å². The van der Waals surface area contributed by atoms with Gasteiger partial charge in [-0.25, -0.2) is 0 Å². The lowest BCUT2D eigenvalue weighted by atomic mass is 10.1. The Hall–Kier alpha value is -0.240. The Kier molecular flexibility index (Phi) is 4.21. The molecule has 112 valence electrons. The van der Waals surface area contributed by atoms with Crippen LogP contribution in [0.1, 0.15) is 34.6 Å². The molecule has 0 spiro atoms. The van der Waals surface area contributed by atoms with Crippen molar-refractivity contribution < 1.29 is 23.7 Å². The number of rotatable bonds is 5. The molecule has 2 N–H and O–H groups in total. The molecule has 1 unspecified atom stereocenters. The number of fused-ring (bicyclic) bond motifs is 1. The fraction of sp³-hybridized carbons (Fsp3) is 1.00. The van der Waals surface area contributed by atoms with Crippen LogP contribution < -0.4 is 5.73 Å². The third-order valence-corrected chi connectivity index (χ3v) is 3.21. The molecule has 2 aliphatic heterocycles. The Balaban J connectivity index is 1.99. The molecule has 2 fully saturated rings. The van der Waals surface area contributed by atoms with Crippen molar-refractivity contribution >= 4 is 0 Å². The Morgan fingerprint density at radius 2 is 1.95 bits per heavy atom. The highest BCUT2D eigenvalue weighted by atomic mass is 16.8. The zero-order valence-corrected chi connectivity index (χ0v) is 12.3. The minimum atomic E-state index is -0.730. The highest BCUT2D eigenvalue weighted by Gasteiger charge is 2.55. The first kappa shape index (κ1) is 15.2. The molecule has 6 heteroatoms. The second kappa shape index (κ2) is 5.27. The van der Waals surface area contributed by atoms with Crippen LogP contribution >= 0.6 is 0 Å². The Labute approximate surface area is 114 Å². The van der Waals surface area contributed by atoms with Crippen molar-refractivity contribution in [2.75, 3.05) is 13.2 Å². The lowest BCUT2D eigenvalue weighted by molar-refractivity contribution is -0.270. The molecule has 19 heavy (non-hydrogen) atoms. The lowest BCUT2D eigenvalue weighted by Gasteiger charge is -2.32. The Bertz CT molecular complexity index is 320. The molecule has 0 saturated carbocycles. The molecule has 0 aromatic rings. The molecule has 2 saturated heterocycles. The van der Waals surface area contributed by atoms with Gasteiger partial charge in [0.15, 0.2) is 17.9 Å². The predicted molar refractivity (Wildman–Crippen MR) is 68.3 cm³/mol. The number of nitrogens with two attached hydrogens (primary N) is 1. The van der Waals surface area contributed by atoms with Gasteiger partial charge in [0.2, 0.25) is 0 Å². The maximum absolute atomic E-state index is 6.01. The third kappa shape index (κ3) is 3.45. The van der Waals surface area contributed by atoms with E-state index in [4.69, 9.17) is 29.4 Å². The third-order valence-electron chi connectivity index (χ3n) is 3.21. The highest BCUT2D eigenvalue weighted by Crippen LogP contribution is 2.39. The summed E-state index contributed by atoms with van der Waals surface area (Å²) in [5.74, 6) is -1.37. The van der Waals surface area contributed by atoms with Gasteiger partial charge in [0.05, 0.1) is 12.7 Å². The van der Waals surface area contributed by atoms with Gasteiger partial charge in [-0.2, -0.15) is 0 Å². The topological polar surface area (TPSA) is 72.2 Å². The van der Waals surface area contributed by atoms with Crippen LogP contribution in [0.5, 0.6) is 0 Å². The van der Waals surface area contributed by atoms with Gasteiger partial charge in [-0.05, 0) is 34.6 Å². The Morgan fingerprint density at radius 3 is 2.58 bits per heavy atom. The molecule has 0 aromatic carbocycles. The van der Waals surface area contributed by atoms with Crippen LogP contribution in [-0.2, 0) is 23.7 Å². The summed E-state index contributed by atoms with van der Waals surface area (Å²) < 4.78 is 28.9. The van der Waals surface area contributed by atoms with Crippen LogP contribution in [-0.4, -0.2) is 49.3 Å². The molecule has 6 nitrogen and oxygen atoms in total. The van der Waals surface area contributed by atoms with Gasteiger partial charge >= 0.3 is 0 Å². The van der Waals surface area contributed by atoms with Crippen LogP contribution in [0, 0.1) is 0 Å². The number of ether oxygens (including phenoxy) is 5. The average molecular weight is 275 g/mol. The van der Waals surface area contributed by atoms with Gasteiger partial charge in [0.25, 0.3) is 0 Å². The molecule has 2 aliphatic rings. The van der Waals surface area contributed by atoms with Gasteiger partial charge in [-0.3, -0.25) is 0 Å². The van der Waals surface area contributed by atoms with E-state index in [2.05, 4.69) is 0 Å². The largest absolute Gasteiger partial charge is 0.349 e. The van der Waals surface area contributed by atoms with Crippen molar-refractivity contribution in [3.63, 3.8) is 0 Å². The van der Waals surface area contributed by atoms with Gasteiger partial charge in [-0.15, -0.1) is 0 Å². The Morgan fingerprint density at radius 1 is 1.26 bits per heavy atom. The predicted octanol–water partition coefficient (Wildman–Crippen LogP) is 0.979. The molecule has 0 bridgehead atoms. The molecule has 0 aromatic heterocycles. The van der Waals surface area contributed by atoms with Crippen LogP contribution in [0.3, 0.4) is 0 Å². The zero-order valence-electron chi connectivity index (χ0n) is 12.3. The smallest absolute Gasteiger partial charge is 0.190 e. The highest BCUT2D eigenvalue weighted by molar-refractivity contribution is 4.93.